The van der Waals surface area contributed by atoms with Gasteiger partial charge in [0, 0.05) is 38.3 Å². The van der Waals surface area contributed by atoms with Crippen LogP contribution < -0.4 is 0 Å². The Morgan fingerprint density at radius 1 is 1.00 bits per heavy atom. The third-order valence-corrected chi connectivity index (χ3v) is 2.58. The molecule has 1 aliphatic heterocycles. The Morgan fingerprint density at radius 3 is 2.31 bits per heavy atom. The summed E-state index contributed by atoms with van der Waals surface area (Å²) in [5.41, 5.74) is 1.18. The molecule has 0 N–H and O–H groups in total. The van der Waals surface area contributed by atoms with Gasteiger partial charge in [-0.1, -0.05) is 42.0 Å². The summed E-state index contributed by atoms with van der Waals surface area (Å²) in [6, 6.07) is 11.0. The summed E-state index contributed by atoms with van der Waals surface area (Å²) in [7, 11) is 0. The van der Waals surface area contributed by atoms with Crippen LogP contribution in [-0.2, 0) is 32.7 Å². The van der Waals surface area contributed by atoms with Crippen molar-refractivity contribution in [3.8, 4) is 0 Å². The molecule has 3 nitrogen and oxygen atoms in total. The summed E-state index contributed by atoms with van der Waals surface area (Å²) >= 11 is 0. The number of hydrogen-bond acceptors (Lipinski definition) is 1. The summed E-state index contributed by atoms with van der Waals surface area (Å²) in [5, 5.41) is 14.9. The van der Waals surface area contributed by atoms with Gasteiger partial charge in [0.05, 0.1) is 5.91 Å². The van der Waals surface area contributed by atoms with Gasteiger partial charge < -0.3 is 15.5 Å². The quantitative estimate of drug-likeness (QED) is 0.733. The van der Waals surface area contributed by atoms with Crippen molar-refractivity contribution in [2.45, 2.75) is 0 Å². The molecule has 4 heteroatoms. The smallest absolute Gasteiger partial charge is 0.0847 e. The van der Waals surface area contributed by atoms with Crippen molar-refractivity contribution >= 4 is 22.5 Å². The van der Waals surface area contributed by atoms with Crippen LogP contribution >= 0.6 is 0 Å². The molecule has 0 atom stereocenters. The fourth-order valence-electron chi connectivity index (χ4n) is 1.92. The van der Waals surface area contributed by atoms with Gasteiger partial charge in [0.15, 0.2) is 0 Å². The van der Waals surface area contributed by atoms with E-state index >= 15 is 0 Å². The second kappa shape index (κ2) is 4.07. The molecule has 1 aliphatic rings. The van der Waals surface area contributed by atoms with Crippen LogP contribution in [0.25, 0.3) is 21.5 Å². The standard InChI is InChI=1S/C12H7N2O.Y/c13-11-8-5-1-3-7-4-2-6-9(10(7)8)12(15)14-11;/h1-6H,(H-,13,14,15);/q-1;/p-1. The van der Waals surface area contributed by atoms with E-state index in [1.165, 1.54) is 0 Å². The van der Waals surface area contributed by atoms with E-state index in [2.05, 4.69) is 5.32 Å². The largest absolute Gasteiger partial charge is 0.824 e. The molecule has 0 saturated carbocycles. The molecule has 0 spiro atoms. The van der Waals surface area contributed by atoms with E-state index in [9.17, 15) is 10.2 Å². The first-order valence-corrected chi connectivity index (χ1v) is 4.61. The third kappa shape index (κ3) is 1.51. The van der Waals surface area contributed by atoms with Crippen LogP contribution in [0.4, 0.5) is 0 Å². The minimum atomic E-state index is -0.378. The van der Waals surface area contributed by atoms with Crippen LogP contribution in [0.15, 0.2) is 36.4 Å². The van der Waals surface area contributed by atoms with Gasteiger partial charge in [-0.15, -0.1) is 0 Å². The number of nitrogens with zero attached hydrogens (tertiary/aromatic N) is 2. The maximum Gasteiger partial charge on any atom is 0.0847 e. The normalized spacial score (nSPS) is 13.2. The fourth-order valence-corrected chi connectivity index (χ4v) is 1.92. The molecule has 0 unspecified atom stereocenters. The predicted molar refractivity (Wildman–Crippen MR) is 59.1 cm³/mol. The van der Waals surface area contributed by atoms with Crippen LogP contribution in [0.2, 0.25) is 0 Å². The van der Waals surface area contributed by atoms with Crippen molar-refractivity contribution in [1.82, 2.24) is 0 Å². The van der Waals surface area contributed by atoms with Crippen LogP contribution in [0.3, 0.4) is 0 Å². The first-order chi connectivity index (χ1) is 7.27. The average molecular weight is 283 g/mol. The molecule has 0 bridgehead atoms. The van der Waals surface area contributed by atoms with Gasteiger partial charge in [-0.2, -0.15) is 0 Å². The second-order valence-electron chi connectivity index (χ2n) is 3.45. The molecule has 2 aromatic rings. The summed E-state index contributed by atoms with van der Waals surface area (Å²) in [6.45, 7) is 0. The zero-order valence-corrected chi connectivity index (χ0v) is 11.2. The summed E-state index contributed by atoms with van der Waals surface area (Å²) in [5.74, 6) is -0.568. The number of amides is 1. The van der Waals surface area contributed by atoms with Crippen LogP contribution in [0.1, 0.15) is 15.9 Å². The number of hydrogen-bond donors (Lipinski definition) is 0. The molecule has 0 aromatic heterocycles. The van der Waals surface area contributed by atoms with Gasteiger partial charge in [-0.25, -0.2) is 0 Å². The predicted octanol–water partition coefficient (Wildman–Crippen LogP) is 2.68. The number of amidine groups is 1. The first kappa shape index (κ1) is 11.4. The summed E-state index contributed by atoms with van der Waals surface area (Å²) in [6.07, 6.45) is 0. The fraction of sp³-hybridized carbons (Fsp3) is 0. The SMILES string of the molecule is [N-]=C1[N-]C(=O)c2cccc3cccc1c23.[Y]. The van der Waals surface area contributed by atoms with Gasteiger partial charge >= 0.3 is 0 Å². The van der Waals surface area contributed by atoms with Crippen molar-refractivity contribution in [2.75, 3.05) is 0 Å². The number of rotatable bonds is 0. The Morgan fingerprint density at radius 2 is 1.62 bits per heavy atom. The molecule has 1 radical (unpaired) electrons. The molecule has 1 heterocycles. The summed E-state index contributed by atoms with van der Waals surface area (Å²) < 4.78 is 0. The van der Waals surface area contributed by atoms with E-state index in [-0.39, 0.29) is 44.5 Å². The van der Waals surface area contributed by atoms with Crippen LogP contribution in [0, 0.1) is 0 Å². The molecule has 1 amide bonds. The van der Waals surface area contributed by atoms with E-state index in [0.29, 0.717) is 11.1 Å². The summed E-state index contributed by atoms with van der Waals surface area (Å²) in [4.78, 5) is 11.5. The zero-order valence-electron chi connectivity index (χ0n) is 8.34. The maximum atomic E-state index is 11.5. The molecule has 3 rings (SSSR count). The first-order valence-electron chi connectivity index (χ1n) is 4.61. The minimum Gasteiger partial charge on any atom is -0.824 e. The van der Waals surface area contributed by atoms with E-state index < -0.39 is 0 Å². The minimum absolute atomic E-state index is 0. The van der Waals surface area contributed by atoms with Gasteiger partial charge in [0.2, 0.25) is 0 Å². The van der Waals surface area contributed by atoms with Crippen molar-refractivity contribution in [3.05, 3.63) is 58.3 Å². The maximum absolute atomic E-state index is 11.5. The second-order valence-corrected chi connectivity index (χ2v) is 3.45. The molecule has 2 aromatic carbocycles. The van der Waals surface area contributed by atoms with Crippen molar-refractivity contribution in [1.29, 1.82) is 0 Å². The molecule has 0 fully saturated rings. The Hall–Kier alpha value is -1.06. The van der Waals surface area contributed by atoms with Crippen molar-refractivity contribution < 1.29 is 37.5 Å². The van der Waals surface area contributed by atoms with Crippen molar-refractivity contribution in [3.63, 3.8) is 0 Å². The Labute approximate surface area is 118 Å². The number of carbonyl (C=O) groups excluding carboxylic acids is 1. The molecule has 75 valence electrons. The average Bonchev–Trinajstić information content (AvgIpc) is 2.25. The zero-order chi connectivity index (χ0) is 10.4. The number of carbonyl (C=O) groups is 1. The molecule has 16 heavy (non-hydrogen) atoms. The Bertz CT molecular complexity index is 558. The Balaban J connectivity index is 0.000000963. The van der Waals surface area contributed by atoms with E-state index in [4.69, 9.17) is 0 Å². The van der Waals surface area contributed by atoms with Crippen LogP contribution in [-0.4, -0.2) is 11.7 Å². The molecule has 0 aliphatic carbocycles. The Kier molecular flexibility index (Phi) is 2.91. The topological polar surface area (TPSA) is 53.5 Å². The van der Waals surface area contributed by atoms with Crippen molar-refractivity contribution in [2.24, 2.45) is 0 Å². The van der Waals surface area contributed by atoms with Gasteiger partial charge in [0.25, 0.3) is 0 Å². The van der Waals surface area contributed by atoms with E-state index in [1.807, 2.05) is 24.3 Å². The van der Waals surface area contributed by atoms with Gasteiger partial charge in [-0.05, 0) is 10.8 Å². The monoisotopic (exact) mass is 283 g/mol. The van der Waals surface area contributed by atoms with Gasteiger partial charge in [-0.3, -0.25) is 5.84 Å². The number of benzene rings is 2. The van der Waals surface area contributed by atoms with Crippen LogP contribution in [0.5, 0.6) is 0 Å². The van der Waals surface area contributed by atoms with Gasteiger partial charge in [0.1, 0.15) is 0 Å². The van der Waals surface area contributed by atoms with E-state index in [0.717, 1.165) is 10.8 Å². The third-order valence-electron chi connectivity index (χ3n) is 2.58. The van der Waals surface area contributed by atoms with E-state index in [1.54, 1.807) is 12.1 Å². The molecule has 0 saturated heterocycles. The molecular weight excluding hydrogens is 277 g/mol. The molecular formula is C12H6N2OY-2.